The first-order valence-corrected chi connectivity index (χ1v) is 4.96. The number of rotatable bonds is 1. The predicted octanol–water partition coefficient (Wildman–Crippen LogP) is 2.61. The molecule has 17 heavy (non-hydrogen) atoms. The first-order valence-electron chi connectivity index (χ1n) is 4.96. The lowest BCUT2D eigenvalue weighted by Gasteiger charge is -2.05. The molecule has 0 amide bonds. The van der Waals surface area contributed by atoms with Crippen LogP contribution < -0.4 is 0 Å². The van der Waals surface area contributed by atoms with E-state index in [-0.39, 0.29) is 5.82 Å². The Balaban J connectivity index is 2.68. The Hall–Kier alpha value is -1.85. The van der Waals surface area contributed by atoms with Crippen LogP contribution in [0.1, 0.15) is 17.0 Å². The summed E-state index contributed by atoms with van der Waals surface area (Å²) in [4.78, 5) is 3.24. The van der Waals surface area contributed by atoms with Gasteiger partial charge in [-0.3, -0.25) is 0 Å². The van der Waals surface area contributed by atoms with Crippen molar-refractivity contribution in [1.82, 2.24) is 14.8 Å². The number of hydrogen-bond donors (Lipinski definition) is 0. The molecule has 3 nitrogen and oxygen atoms in total. The van der Waals surface area contributed by atoms with Gasteiger partial charge in [0, 0.05) is 11.8 Å². The van der Waals surface area contributed by atoms with Crippen LogP contribution in [0, 0.1) is 38.4 Å². The Bertz CT molecular complexity index is 590. The maximum Gasteiger partial charge on any atom is 0.251 e. The fraction of sp³-hybridized carbons (Fsp3) is 0.273. The molecule has 2 aromatic heterocycles. The number of nitrogens with zero attached hydrogens (tertiary/aromatic N) is 3. The number of aryl methyl sites for hydroxylation is 1. The largest absolute Gasteiger partial charge is 0.251 e. The van der Waals surface area contributed by atoms with Crippen LogP contribution in [-0.2, 0) is 0 Å². The molecule has 0 aliphatic rings. The van der Waals surface area contributed by atoms with Crippen molar-refractivity contribution in [1.29, 1.82) is 0 Å². The Kier molecular flexibility index (Phi) is 2.65. The molecule has 2 heterocycles. The van der Waals surface area contributed by atoms with Gasteiger partial charge in [-0.2, -0.15) is 14.5 Å². The van der Waals surface area contributed by atoms with E-state index in [9.17, 15) is 13.2 Å². The SMILES string of the molecule is Cc1nn(-c2nc(F)c(F)cc2F)c(C)c1C. The topological polar surface area (TPSA) is 30.7 Å². The number of pyridine rings is 1. The van der Waals surface area contributed by atoms with Gasteiger partial charge in [0.2, 0.25) is 0 Å². The van der Waals surface area contributed by atoms with Crippen LogP contribution in [0.15, 0.2) is 6.07 Å². The molecule has 0 unspecified atom stereocenters. The Morgan fingerprint density at radius 1 is 1.06 bits per heavy atom. The van der Waals surface area contributed by atoms with Crippen molar-refractivity contribution in [3.63, 3.8) is 0 Å². The number of hydrogen-bond acceptors (Lipinski definition) is 2. The number of halogens is 3. The molecule has 0 spiro atoms. The van der Waals surface area contributed by atoms with Crippen molar-refractivity contribution in [2.75, 3.05) is 0 Å². The molecule has 0 atom stereocenters. The van der Waals surface area contributed by atoms with E-state index in [1.54, 1.807) is 13.8 Å². The summed E-state index contributed by atoms with van der Waals surface area (Å²) >= 11 is 0. The Labute approximate surface area is 95.9 Å². The molecule has 2 aromatic rings. The first kappa shape index (κ1) is 11.6. The average Bonchev–Trinajstić information content (AvgIpc) is 2.51. The van der Waals surface area contributed by atoms with Gasteiger partial charge in [-0.15, -0.1) is 0 Å². The van der Waals surface area contributed by atoms with E-state index in [0.29, 0.717) is 17.5 Å². The van der Waals surface area contributed by atoms with Crippen molar-refractivity contribution in [2.45, 2.75) is 20.8 Å². The summed E-state index contributed by atoms with van der Waals surface area (Å²) in [7, 11) is 0. The third-order valence-corrected chi connectivity index (χ3v) is 2.72. The summed E-state index contributed by atoms with van der Waals surface area (Å²) in [5.41, 5.74) is 2.18. The molecule has 0 bridgehead atoms. The van der Waals surface area contributed by atoms with Crippen molar-refractivity contribution >= 4 is 0 Å². The van der Waals surface area contributed by atoms with Crippen LogP contribution in [0.25, 0.3) is 5.82 Å². The molecule has 0 fully saturated rings. The van der Waals surface area contributed by atoms with Gasteiger partial charge in [0.15, 0.2) is 17.5 Å². The minimum atomic E-state index is -1.34. The molecule has 6 heteroatoms. The highest BCUT2D eigenvalue weighted by Gasteiger charge is 2.17. The Morgan fingerprint density at radius 3 is 2.24 bits per heavy atom. The molecule has 0 saturated heterocycles. The highest BCUT2D eigenvalue weighted by molar-refractivity contribution is 5.32. The van der Waals surface area contributed by atoms with Gasteiger partial charge in [0.25, 0.3) is 5.95 Å². The zero-order chi connectivity index (χ0) is 12.7. The highest BCUT2D eigenvalue weighted by Crippen LogP contribution is 2.19. The molecular formula is C11H10F3N3. The lowest BCUT2D eigenvalue weighted by atomic mass is 10.2. The maximum absolute atomic E-state index is 13.5. The zero-order valence-corrected chi connectivity index (χ0v) is 9.55. The second-order valence-corrected chi connectivity index (χ2v) is 3.77. The van der Waals surface area contributed by atoms with Crippen LogP contribution in [0.4, 0.5) is 13.2 Å². The van der Waals surface area contributed by atoms with E-state index in [1.807, 2.05) is 6.92 Å². The third kappa shape index (κ3) is 1.79. The van der Waals surface area contributed by atoms with Gasteiger partial charge in [0.05, 0.1) is 5.69 Å². The van der Waals surface area contributed by atoms with E-state index >= 15 is 0 Å². The molecule has 0 aromatic carbocycles. The summed E-state index contributed by atoms with van der Waals surface area (Å²) in [6.07, 6.45) is 0. The second-order valence-electron chi connectivity index (χ2n) is 3.77. The van der Waals surface area contributed by atoms with Crippen molar-refractivity contribution in [3.8, 4) is 5.82 Å². The minimum Gasteiger partial charge on any atom is -0.216 e. The summed E-state index contributed by atoms with van der Waals surface area (Å²) in [5, 5.41) is 4.04. The van der Waals surface area contributed by atoms with E-state index in [4.69, 9.17) is 0 Å². The van der Waals surface area contributed by atoms with E-state index in [1.165, 1.54) is 4.68 Å². The lowest BCUT2D eigenvalue weighted by Crippen LogP contribution is -2.08. The summed E-state index contributed by atoms with van der Waals surface area (Å²) < 4.78 is 40.4. The fourth-order valence-electron chi connectivity index (χ4n) is 1.51. The summed E-state index contributed by atoms with van der Waals surface area (Å²) in [6.45, 7) is 5.26. The normalized spacial score (nSPS) is 10.9. The smallest absolute Gasteiger partial charge is 0.216 e. The molecule has 0 aliphatic heterocycles. The number of aromatic nitrogens is 3. The van der Waals surface area contributed by atoms with Gasteiger partial charge < -0.3 is 0 Å². The molecule has 0 saturated carbocycles. The van der Waals surface area contributed by atoms with Crippen LogP contribution in [0.2, 0.25) is 0 Å². The van der Waals surface area contributed by atoms with Gasteiger partial charge in [-0.25, -0.2) is 13.5 Å². The lowest BCUT2D eigenvalue weighted by molar-refractivity contribution is 0.458. The van der Waals surface area contributed by atoms with Gasteiger partial charge >= 0.3 is 0 Å². The van der Waals surface area contributed by atoms with Gasteiger partial charge in [-0.05, 0) is 26.3 Å². The van der Waals surface area contributed by atoms with E-state index < -0.39 is 17.6 Å². The maximum atomic E-state index is 13.5. The quantitative estimate of drug-likeness (QED) is 0.718. The van der Waals surface area contributed by atoms with Crippen LogP contribution >= 0.6 is 0 Å². The van der Waals surface area contributed by atoms with Crippen molar-refractivity contribution in [2.24, 2.45) is 0 Å². The first-order chi connectivity index (χ1) is 7.91. The minimum absolute atomic E-state index is 0.336. The third-order valence-electron chi connectivity index (χ3n) is 2.72. The van der Waals surface area contributed by atoms with Gasteiger partial charge in [-0.1, -0.05) is 0 Å². The average molecular weight is 241 g/mol. The fourth-order valence-corrected chi connectivity index (χ4v) is 1.51. The van der Waals surface area contributed by atoms with Crippen molar-refractivity contribution < 1.29 is 13.2 Å². The molecule has 0 N–H and O–H groups in total. The molecule has 0 radical (unpaired) electrons. The van der Waals surface area contributed by atoms with E-state index in [0.717, 1.165) is 5.56 Å². The summed E-state index contributed by atoms with van der Waals surface area (Å²) in [5.74, 6) is -3.94. The van der Waals surface area contributed by atoms with Crippen LogP contribution in [-0.4, -0.2) is 14.8 Å². The second kappa shape index (κ2) is 3.87. The van der Waals surface area contributed by atoms with Crippen LogP contribution in [0.3, 0.4) is 0 Å². The standard InChI is InChI=1S/C11H10F3N3/c1-5-6(2)16-17(7(5)3)11-9(13)4-8(12)10(14)15-11/h4H,1-3H3. The zero-order valence-electron chi connectivity index (χ0n) is 9.55. The van der Waals surface area contributed by atoms with Crippen LogP contribution in [0.5, 0.6) is 0 Å². The molecule has 0 aliphatic carbocycles. The monoisotopic (exact) mass is 241 g/mol. The Morgan fingerprint density at radius 2 is 1.71 bits per heavy atom. The molecule has 2 rings (SSSR count). The molecular weight excluding hydrogens is 231 g/mol. The molecule has 90 valence electrons. The highest BCUT2D eigenvalue weighted by atomic mass is 19.2. The van der Waals surface area contributed by atoms with E-state index in [2.05, 4.69) is 10.1 Å². The summed E-state index contributed by atoms with van der Waals surface area (Å²) in [6, 6.07) is 0.462. The van der Waals surface area contributed by atoms with Crippen molar-refractivity contribution in [3.05, 3.63) is 40.6 Å². The van der Waals surface area contributed by atoms with Gasteiger partial charge in [0.1, 0.15) is 0 Å². The predicted molar refractivity (Wildman–Crippen MR) is 55.4 cm³/mol.